The highest BCUT2D eigenvalue weighted by molar-refractivity contribution is 6.48. The Morgan fingerprint density at radius 1 is 1.33 bits per heavy atom. The van der Waals surface area contributed by atoms with Crippen LogP contribution >= 0.6 is 0 Å². The average Bonchev–Trinajstić information content (AvgIpc) is 2.71. The van der Waals surface area contributed by atoms with Crippen LogP contribution in [0.2, 0.25) is 13.1 Å². The third-order valence-corrected chi connectivity index (χ3v) is 4.99. The summed E-state index contributed by atoms with van der Waals surface area (Å²) in [7, 11) is 0.720. The van der Waals surface area contributed by atoms with Gasteiger partial charge >= 0.3 is 0 Å². The van der Waals surface area contributed by atoms with Crippen molar-refractivity contribution < 1.29 is 18.6 Å². The molecule has 18 heavy (non-hydrogen) atoms. The van der Waals surface area contributed by atoms with Gasteiger partial charge in [0, 0.05) is 26.2 Å². The van der Waals surface area contributed by atoms with Crippen molar-refractivity contribution in [3.8, 4) is 0 Å². The maximum atomic E-state index is 5.95. The van der Waals surface area contributed by atoms with Crippen LogP contribution in [0.4, 0.5) is 0 Å². The molecule has 1 unspecified atom stereocenters. The molecule has 0 aromatic carbocycles. The van der Waals surface area contributed by atoms with E-state index in [9.17, 15) is 0 Å². The molecule has 0 amide bonds. The topological polar surface area (TPSA) is 36.9 Å². The first-order chi connectivity index (χ1) is 8.72. The highest BCUT2D eigenvalue weighted by atomic mass is 28.3. The molecule has 2 rings (SSSR count). The lowest BCUT2D eigenvalue weighted by Gasteiger charge is -2.30. The fourth-order valence-corrected chi connectivity index (χ4v) is 3.81. The maximum Gasteiger partial charge on any atom is 0.170 e. The van der Waals surface area contributed by atoms with E-state index in [1.165, 1.54) is 6.42 Å². The standard InChI is InChI=1S/C13H26O4Si/c1-14-9-16-13-6-10-4-5-15-7-11(10)12(13)8-17-18(2)3/h10-13,18H,4-9H2,1-3H3/t10-,11+,12+,13?/m1/s1. The number of ether oxygens (including phenoxy) is 3. The molecule has 0 aromatic rings. The third kappa shape index (κ3) is 3.54. The summed E-state index contributed by atoms with van der Waals surface area (Å²) in [5.74, 6) is 1.86. The Hall–Kier alpha value is 0.0569. The molecule has 0 spiro atoms. The molecule has 0 radical (unpaired) electrons. The quantitative estimate of drug-likeness (QED) is 0.545. The lowest BCUT2D eigenvalue weighted by Crippen LogP contribution is -2.34. The van der Waals surface area contributed by atoms with Gasteiger partial charge in [-0.2, -0.15) is 0 Å². The SMILES string of the molecule is COCOC1C[C@H]2CCOC[C@@H]2[C@@H]1CO[SiH](C)C. The van der Waals surface area contributed by atoms with Crippen LogP contribution in [0, 0.1) is 17.8 Å². The van der Waals surface area contributed by atoms with Gasteiger partial charge in [-0.05, 0) is 37.8 Å². The molecule has 1 saturated carbocycles. The average molecular weight is 274 g/mol. The Kier molecular flexibility index (Phi) is 5.63. The van der Waals surface area contributed by atoms with Crippen LogP contribution < -0.4 is 0 Å². The predicted molar refractivity (Wildman–Crippen MR) is 72.1 cm³/mol. The minimum atomic E-state index is -0.958. The van der Waals surface area contributed by atoms with Crippen LogP contribution in [0.15, 0.2) is 0 Å². The summed E-state index contributed by atoms with van der Waals surface area (Å²) in [6, 6.07) is 0. The monoisotopic (exact) mass is 274 g/mol. The molecule has 0 N–H and O–H groups in total. The van der Waals surface area contributed by atoms with Crippen LogP contribution in [0.25, 0.3) is 0 Å². The van der Waals surface area contributed by atoms with Crippen molar-refractivity contribution in [3.05, 3.63) is 0 Å². The number of hydrogen-bond donors (Lipinski definition) is 0. The number of fused-ring (bicyclic) bond motifs is 1. The second kappa shape index (κ2) is 7.00. The minimum absolute atomic E-state index is 0.286. The van der Waals surface area contributed by atoms with Crippen LogP contribution in [0.3, 0.4) is 0 Å². The predicted octanol–water partition coefficient (Wildman–Crippen LogP) is 1.65. The molecule has 1 heterocycles. The zero-order valence-corrected chi connectivity index (χ0v) is 12.9. The lowest BCUT2D eigenvalue weighted by molar-refractivity contribution is -0.0941. The lowest BCUT2D eigenvalue weighted by atomic mass is 9.87. The Bertz CT molecular complexity index is 249. The Morgan fingerprint density at radius 2 is 2.17 bits per heavy atom. The van der Waals surface area contributed by atoms with Crippen molar-refractivity contribution in [2.45, 2.75) is 32.0 Å². The Balaban J connectivity index is 1.93. The van der Waals surface area contributed by atoms with Crippen molar-refractivity contribution in [1.29, 1.82) is 0 Å². The molecule has 1 saturated heterocycles. The summed E-state index contributed by atoms with van der Waals surface area (Å²) in [5, 5.41) is 0. The molecule has 2 fully saturated rings. The van der Waals surface area contributed by atoms with E-state index in [0.29, 0.717) is 18.6 Å². The maximum absolute atomic E-state index is 5.95. The molecular weight excluding hydrogens is 248 g/mol. The Morgan fingerprint density at radius 3 is 2.89 bits per heavy atom. The summed E-state index contributed by atoms with van der Waals surface area (Å²) in [4.78, 5) is 0. The van der Waals surface area contributed by atoms with Gasteiger partial charge in [0.05, 0.1) is 12.7 Å². The first-order valence-electron chi connectivity index (χ1n) is 7.02. The van der Waals surface area contributed by atoms with E-state index in [0.717, 1.165) is 32.2 Å². The first kappa shape index (κ1) is 14.5. The van der Waals surface area contributed by atoms with E-state index < -0.39 is 9.04 Å². The molecule has 4 nitrogen and oxygen atoms in total. The molecule has 1 aliphatic heterocycles. The van der Waals surface area contributed by atoms with E-state index >= 15 is 0 Å². The molecule has 4 atom stereocenters. The number of hydrogen-bond acceptors (Lipinski definition) is 4. The van der Waals surface area contributed by atoms with Gasteiger partial charge in [0.1, 0.15) is 6.79 Å². The smallest absolute Gasteiger partial charge is 0.170 e. The van der Waals surface area contributed by atoms with Crippen molar-refractivity contribution in [3.63, 3.8) is 0 Å². The van der Waals surface area contributed by atoms with E-state index in [1.54, 1.807) is 7.11 Å². The van der Waals surface area contributed by atoms with Crippen LogP contribution in [0.5, 0.6) is 0 Å². The second-order valence-electron chi connectivity index (χ2n) is 5.68. The fraction of sp³-hybridized carbons (Fsp3) is 1.00. The minimum Gasteiger partial charge on any atom is -0.420 e. The van der Waals surface area contributed by atoms with E-state index in [4.69, 9.17) is 18.6 Å². The van der Waals surface area contributed by atoms with Gasteiger partial charge in [0.15, 0.2) is 9.04 Å². The largest absolute Gasteiger partial charge is 0.420 e. The zero-order valence-electron chi connectivity index (χ0n) is 11.8. The van der Waals surface area contributed by atoms with E-state index in [-0.39, 0.29) is 6.10 Å². The molecular formula is C13H26O4Si. The molecule has 106 valence electrons. The van der Waals surface area contributed by atoms with Gasteiger partial charge in [-0.3, -0.25) is 0 Å². The van der Waals surface area contributed by atoms with Crippen molar-refractivity contribution in [2.75, 3.05) is 33.7 Å². The van der Waals surface area contributed by atoms with Gasteiger partial charge in [-0.1, -0.05) is 0 Å². The zero-order chi connectivity index (χ0) is 13.0. The molecule has 1 aliphatic carbocycles. The molecule has 0 bridgehead atoms. The summed E-state index contributed by atoms with van der Waals surface area (Å²) in [6.45, 7) is 7.45. The second-order valence-corrected chi connectivity index (χ2v) is 8.11. The van der Waals surface area contributed by atoms with Crippen molar-refractivity contribution in [1.82, 2.24) is 0 Å². The summed E-state index contributed by atoms with van der Waals surface area (Å²) in [5.41, 5.74) is 0. The highest BCUT2D eigenvalue weighted by Gasteiger charge is 2.45. The van der Waals surface area contributed by atoms with Crippen LogP contribution in [-0.2, 0) is 18.6 Å². The van der Waals surface area contributed by atoms with Crippen LogP contribution in [-0.4, -0.2) is 48.9 Å². The normalized spacial score (nSPS) is 36.0. The molecule has 5 heteroatoms. The molecule has 0 aromatic heterocycles. The Labute approximate surface area is 112 Å². The van der Waals surface area contributed by atoms with Gasteiger partial charge in [-0.15, -0.1) is 0 Å². The van der Waals surface area contributed by atoms with Crippen molar-refractivity contribution >= 4 is 9.04 Å². The summed E-state index contributed by atoms with van der Waals surface area (Å²) < 4.78 is 22.5. The summed E-state index contributed by atoms with van der Waals surface area (Å²) in [6.07, 6.45) is 2.60. The first-order valence-corrected chi connectivity index (χ1v) is 9.80. The number of methoxy groups -OCH3 is 1. The van der Waals surface area contributed by atoms with Gasteiger partial charge in [-0.25, -0.2) is 0 Å². The molecule has 2 aliphatic rings. The van der Waals surface area contributed by atoms with Crippen molar-refractivity contribution in [2.24, 2.45) is 17.8 Å². The fourth-order valence-electron chi connectivity index (χ4n) is 3.20. The highest BCUT2D eigenvalue weighted by Crippen LogP contribution is 2.43. The number of rotatable bonds is 6. The van der Waals surface area contributed by atoms with Gasteiger partial charge in [0.25, 0.3) is 0 Å². The van der Waals surface area contributed by atoms with E-state index in [2.05, 4.69) is 13.1 Å². The van der Waals surface area contributed by atoms with Gasteiger partial charge in [0.2, 0.25) is 0 Å². The summed E-state index contributed by atoms with van der Waals surface area (Å²) >= 11 is 0. The van der Waals surface area contributed by atoms with E-state index in [1.807, 2.05) is 0 Å². The van der Waals surface area contributed by atoms with Crippen LogP contribution in [0.1, 0.15) is 12.8 Å². The third-order valence-electron chi connectivity index (χ3n) is 4.13. The van der Waals surface area contributed by atoms with Gasteiger partial charge < -0.3 is 18.6 Å².